The maximum atomic E-state index is 11.4. The van der Waals surface area contributed by atoms with Crippen LogP contribution in [0, 0.1) is 6.92 Å². The monoisotopic (exact) mass is 433 g/mol. The van der Waals surface area contributed by atoms with Crippen LogP contribution in [-0.2, 0) is 4.74 Å². The molecule has 1 saturated heterocycles. The molecule has 1 aliphatic heterocycles. The lowest BCUT2D eigenvalue weighted by atomic mass is 10.2. The Morgan fingerprint density at radius 3 is 2.81 bits per heavy atom. The molecule has 0 spiro atoms. The number of ether oxygens (including phenoxy) is 1. The zero-order valence-electron chi connectivity index (χ0n) is 17.8. The van der Waals surface area contributed by atoms with E-state index in [0.717, 1.165) is 35.8 Å². The van der Waals surface area contributed by atoms with Gasteiger partial charge in [-0.2, -0.15) is 4.98 Å². The number of hydrogen-bond acceptors (Lipinski definition) is 9. The maximum Gasteiger partial charge on any atom is 0.417 e. The van der Waals surface area contributed by atoms with Gasteiger partial charge in [-0.05, 0) is 44.2 Å². The number of oxazole rings is 1. The number of aromatic nitrogens is 4. The van der Waals surface area contributed by atoms with Crippen molar-refractivity contribution in [1.82, 2.24) is 19.9 Å². The molecule has 4 aromatic rings. The van der Waals surface area contributed by atoms with Gasteiger partial charge in [0.1, 0.15) is 11.6 Å². The Kier molecular flexibility index (Phi) is 5.20. The van der Waals surface area contributed by atoms with Gasteiger partial charge in [0.25, 0.3) is 0 Å². The van der Waals surface area contributed by atoms with E-state index < -0.39 is 5.76 Å². The van der Waals surface area contributed by atoms with Gasteiger partial charge < -0.3 is 24.7 Å². The van der Waals surface area contributed by atoms with Gasteiger partial charge in [-0.1, -0.05) is 0 Å². The zero-order valence-corrected chi connectivity index (χ0v) is 17.8. The molecule has 3 N–H and O–H groups in total. The fourth-order valence-corrected chi connectivity index (χ4v) is 3.60. The standard InChI is InChI=1S/C22H23N7O3/c1-13-10-24-21(26-16-4-6-19(23-11-16)29-7-8-31-14(2)12-29)28-20(13)25-15-3-5-18-17(9-15)27-22(30)32-18/h3-6,9-11,14H,7-8,12H2,1-2H3,(H,27,30)(H2,24,25,26,28)/t14-/m0/s1. The van der Waals surface area contributed by atoms with Gasteiger partial charge in [0, 0.05) is 30.5 Å². The second kappa shape index (κ2) is 8.31. The van der Waals surface area contributed by atoms with Crippen molar-refractivity contribution >= 4 is 40.1 Å². The third-order valence-corrected chi connectivity index (χ3v) is 5.22. The molecule has 1 fully saturated rings. The van der Waals surface area contributed by atoms with Crippen LogP contribution in [0.25, 0.3) is 11.1 Å². The van der Waals surface area contributed by atoms with E-state index in [1.54, 1.807) is 24.5 Å². The maximum absolute atomic E-state index is 11.4. The number of fused-ring (bicyclic) bond motifs is 1. The summed E-state index contributed by atoms with van der Waals surface area (Å²) in [6.07, 6.45) is 3.71. The fourth-order valence-electron chi connectivity index (χ4n) is 3.60. The van der Waals surface area contributed by atoms with E-state index in [-0.39, 0.29) is 6.10 Å². The average Bonchev–Trinajstić information content (AvgIpc) is 3.16. The van der Waals surface area contributed by atoms with Crippen LogP contribution in [0.2, 0.25) is 0 Å². The smallest absolute Gasteiger partial charge is 0.408 e. The van der Waals surface area contributed by atoms with Crippen molar-refractivity contribution < 1.29 is 9.15 Å². The molecule has 0 unspecified atom stereocenters. The minimum Gasteiger partial charge on any atom is -0.408 e. The molecule has 1 atom stereocenters. The molecule has 4 heterocycles. The number of hydrogen-bond donors (Lipinski definition) is 3. The van der Waals surface area contributed by atoms with E-state index in [9.17, 15) is 4.79 Å². The molecule has 0 bridgehead atoms. The van der Waals surface area contributed by atoms with Crippen LogP contribution >= 0.6 is 0 Å². The first kappa shape index (κ1) is 20.0. The first-order chi connectivity index (χ1) is 15.5. The molecule has 0 radical (unpaired) electrons. The van der Waals surface area contributed by atoms with E-state index in [4.69, 9.17) is 9.15 Å². The molecule has 10 nitrogen and oxygen atoms in total. The summed E-state index contributed by atoms with van der Waals surface area (Å²) in [5, 5.41) is 6.47. The minimum absolute atomic E-state index is 0.199. The number of aryl methyl sites for hydroxylation is 1. The van der Waals surface area contributed by atoms with Crippen molar-refractivity contribution in [2.75, 3.05) is 35.2 Å². The zero-order chi connectivity index (χ0) is 22.1. The normalized spacial score (nSPS) is 16.3. The summed E-state index contributed by atoms with van der Waals surface area (Å²) in [4.78, 5) is 29.8. The Morgan fingerprint density at radius 1 is 1.12 bits per heavy atom. The average molecular weight is 433 g/mol. The van der Waals surface area contributed by atoms with Gasteiger partial charge in [-0.25, -0.2) is 14.8 Å². The quantitative estimate of drug-likeness (QED) is 0.435. The van der Waals surface area contributed by atoms with Crippen LogP contribution in [0.1, 0.15) is 12.5 Å². The Hall–Kier alpha value is -3.92. The molecule has 164 valence electrons. The minimum atomic E-state index is -0.482. The van der Waals surface area contributed by atoms with Gasteiger partial charge >= 0.3 is 5.76 Å². The van der Waals surface area contributed by atoms with Crippen LogP contribution in [0.4, 0.5) is 29.0 Å². The second-order valence-electron chi connectivity index (χ2n) is 7.73. The van der Waals surface area contributed by atoms with E-state index in [2.05, 4.69) is 42.4 Å². The predicted molar refractivity (Wildman–Crippen MR) is 122 cm³/mol. The predicted octanol–water partition coefficient (Wildman–Crippen LogP) is 3.33. The molecule has 5 rings (SSSR count). The molecular weight excluding hydrogens is 410 g/mol. The van der Waals surface area contributed by atoms with Gasteiger partial charge in [0.15, 0.2) is 5.58 Å². The first-order valence-electron chi connectivity index (χ1n) is 10.4. The number of anilines is 5. The van der Waals surface area contributed by atoms with Crippen LogP contribution in [0.15, 0.2) is 51.9 Å². The number of rotatable bonds is 5. The lowest BCUT2D eigenvalue weighted by Crippen LogP contribution is -2.41. The van der Waals surface area contributed by atoms with E-state index in [1.807, 2.05) is 25.1 Å². The molecule has 32 heavy (non-hydrogen) atoms. The Bertz CT molecular complexity index is 1300. The van der Waals surface area contributed by atoms with Crippen molar-refractivity contribution in [3.8, 4) is 0 Å². The third-order valence-electron chi connectivity index (χ3n) is 5.22. The largest absolute Gasteiger partial charge is 0.417 e. The molecular formula is C22H23N7O3. The van der Waals surface area contributed by atoms with Gasteiger partial charge in [-0.15, -0.1) is 0 Å². The highest BCUT2D eigenvalue weighted by atomic mass is 16.5. The van der Waals surface area contributed by atoms with Crippen molar-refractivity contribution in [1.29, 1.82) is 0 Å². The number of morpholine rings is 1. The van der Waals surface area contributed by atoms with Crippen LogP contribution in [0.3, 0.4) is 0 Å². The lowest BCUT2D eigenvalue weighted by molar-refractivity contribution is 0.0529. The molecule has 0 saturated carbocycles. The van der Waals surface area contributed by atoms with E-state index in [0.29, 0.717) is 29.5 Å². The second-order valence-corrected chi connectivity index (χ2v) is 7.73. The van der Waals surface area contributed by atoms with Crippen molar-refractivity contribution in [3.63, 3.8) is 0 Å². The molecule has 3 aromatic heterocycles. The highest BCUT2D eigenvalue weighted by Crippen LogP contribution is 2.24. The van der Waals surface area contributed by atoms with Gasteiger partial charge in [0.05, 0.1) is 30.1 Å². The van der Waals surface area contributed by atoms with E-state index >= 15 is 0 Å². The van der Waals surface area contributed by atoms with Gasteiger partial charge in [-0.3, -0.25) is 4.98 Å². The summed E-state index contributed by atoms with van der Waals surface area (Å²) in [7, 11) is 0. The highest BCUT2D eigenvalue weighted by molar-refractivity contribution is 5.78. The van der Waals surface area contributed by atoms with Crippen LogP contribution in [0.5, 0.6) is 0 Å². The number of pyridine rings is 1. The Balaban J connectivity index is 1.31. The summed E-state index contributed by atoms with van der Waals surface area (Å²) in [6.45, 7) is 6.35. The third kappa shape index (κ3) is 4.26. The van der Waals surface area contributed by atoms with Crippen molar-refractivity contribution in [3.05, 3.63) is 58.8 Å². The molecule has 10 heteroatoms. The summed E-state index contributed by atoms with van der Waals surface area (Å²) in [6, 6.07) is 9.29. The van der Waals surface area contributed by atoms with Gasteiger partial charge in [0.2, 0.25) is 5.95 Å². The Labute approximate surface area is 183 Å². The first-order valence-corrected chi connectivity index (χ1v) is 10.4. The summed E-state index contributed by atoms with van der Waals surface area (Å²) in [5.74, 6) is 1.54. The highest BCUT2D eigenvalue weighted by Gasteiger charge is 2.17. The summed E-state index contributed by atoms with van der Waals surface area (Å²) < 4.78 is 10.6. The number of nitrogens with zero attached hydrogens (tertiary/aromatic N) is 4. The SMILES string of the molecule is Cc1cnc(Nc2ccc(N3CCO[C@@H](C)C3)nc2)nc1Nc1ccc2oc(=O)[nH]c2c1. The molecule has 1 aliphatic rings. The topological polar surface area (TPSA) is 121 Å². The summed E-state index contributed by atoms with van der Waals surface area (Å²) in [5.41, 5.74) is 3.57. The van der Waals surface area contributed by atoms with E-state index in [1.165, 1.54) is 0 Å². The Morgan fingerprint density at radius 2 is 2.00 bits per heavy atom. The van der Waals surface area contributed by atoms with Crippen LogP contribution < -0.4 is 21.3 Å². The molecule has 1 aromatic carbocycles. The number of H-pyrrole nitrogens is 1. The number of nitrogens with one attached hydrogen (secondary N) is 3. The molecule has 0 aliphatic carbocycles. The summed E-state index contributed by atoms with van der Waals surface area (Å²) >= 11 is 0. The van der Waals surface area contributed by atoms with Crippen molar-refractivity contribution in [2.45, 2.75) is 20.0 Å². The van der Waals surface area contributed by atoms with Crippen LogP contribution in [-0.4, -0.2) is 45.7 Å². The fraction of sp³-hybridized carbons (Fsp3) is 0.273. The number of aromatic amines is 1. The number of benzene rings is 1. The van der Waals surface area contributed by atoms with Crippen molar-refractivity contribution in [2.24, 2.45) is 0 Å². The molecule has 0 amide bonds. The lowest BCUT2D eigenvalue weighted by Gasteiger charge is -2.32.